The van der Waals surface area contributed by atoms with Crippen molar-refractivity contribution in [1.82, 2.24) is 0 Å². The second-order valence-electron chi connectivity index (χ2n) is 8.65. The van der Waals surface area contributed by atoms with Crippen molar-refractivity contribution in [3.63, 3.8) is 0 Å². The van der Waals surface area contributed by atoms with Crippen molar-refractivity contribution < 1.29 is 32.7 Å². The van der Waals surface area contributed by atoms with Crippen LogP contribution in [0, 0.1) is 0 Å². The Morgan fingerprint density at radius 2 is 1.33 bits per heavy atom. The van der Waals surface area contributed by atoms with E-state index in [0.717, 1.165) is 0 Å². The lowest BCUT2D eigenvalue weighted by Gasteiger charge is -2.27. The zero-order chi connectivity index (χ0) is 27.7. The van der Waals surface area contributed by atoms with Crippen LogP contribution in [0.5, 0.6) is 0 Å². The molecule has 0 fully saturated rings. The van der Waals surface area contributed by atoms with Gasteiger partial charge in [-0.15, -0.1) is 0 Å². The van der Waals surface area contributed by atoms with E-state index in [0.29, 0.717) is 30.6 Å². The van der Waals surface area contributed by atoms with Gasteiger partial charge in [-0.05, 0) is 30.7 Å². The van der Waals surface area contributed by atoms with Gasteiger partial charge < -0.3 is 28.7 Å². The Bertz CT molecular complexity index is 1320. The molecule has 0 spiro atoms. The van der Waals surface area contributed by atoms with Crippen LogP contribution < -0.4 is 21.1 Å². The molecule has 0 unspecified atom stereocenters. The first kappa shape index (κ1) is 28.2. The summed E-state index contributed by atoms with van der Waals surface area (Å²) in [5, 5.41) is 2.96. The Hall–Kier alpha value is -3.79. The fourth-order valence-electron chi connectivity index (χ4n) is 4.01. The molecule has 0 aliphatic carbocycles. The van der Waals surface area contributed by atoms with E-state index in [1.165, 1.54) is 0 Å². The van der Waals surface area contributed by atoms with Crippen LogP contribution >= 0.6 is 7.60 Å². The van der Waals surface area contributed by atoms with Crippen LogP contribution in [0.15, 0.2) is 70.3 Å². The minimum absolute atomic E-state index is 0.107. The average Bonchev–Trinajstić information content (AvgIpc) is 3.17. The molecule has 0 atom stereocenters. The summed E-state index contributed by atoms with van der Waals surface area (Å²) in [6.45, 7) is 0.413. The average molecular weight is 557 g/mol. The molecule has 12 heteroatoms. The van der Waals surface area contributed by atoms with Crippen molar-refractivity contribution in [1.29, 1.82) is 0 Å². The summed E-state index contributed by atoms with van der Waals surface area (Å²) in [6.07, 6.45) is 0.564. The standard InChI is InChI=1S/C27H29N2O9P/c30-24-22-23(25(24)31)29(13-7-12-28-22)14-19-39(34,37-17-15-35-26(32)20-8-3-1-4-9-20)38-18-16-36-27(33)21-10-5-2-6-11-21/h1-6,8-11,28H,7,12-19H2. The molecular weight excluding hydrogens is 527 g/mol. The predicted molar refractivity (Wildman–Crippen MR) is 145 cm³/mol. The molecule has 1 N–H and O–H groups in total. The first-order valence-corrected chi connectivity index (χ1v) is 14.3. The number of nitrogens with zero attached hydrogens (tertiary/aromatic N) is 1. The number of nitrogens with one attached hydrogen (secondary N) is 1. The molecule has 0 amide bonds. The van der Waals surface area contributed by atoms with Gasteiger partial charge in [0.1, 0.15) is 24.6 Å². The van der Waals surface area contributed by atoms with Gasteiger partial charge in [0.05, 0.1) is 30.5 Å². The van der Waals surface area contributed by atoms with E-state index in [-0.39, 0.29) is 50.5 Å². The molecule has 1 heterocycles. The molecule has 0 bridgehead atoms. The lowest BCUT2D eigenvalue weighted by atomic mass is 10.2. The summed E-state index contributed by atoms with van der Waals surface area (Å²) >= 11 is 0. The van der Waals surface area contributed by atoms with Crippen LogP contribution in [0.3, 0.4) is 0 Å². The van der Waals surface area contributed by atoms with Gasteiger partial charge in [-0.25, -0.2) is 9.59 Å². The number of esters is 2. The summed E-state index contributed by atoms with van der Waals surface area (Å²) in [7, 11) is -3.78. The van der Waals surface area contributed by atoms with Crippen LogP contribution in [-0.2, 0) is 23.1 Å². The zero-order valence-corrected chi connectivity index (χ0v) is 22.1. The Balaban J connectivity index is 1.33. The number of rotatable bonds is 13. The van der Waals surface area contributed by atoms with Gasteiger partial charge >= 0.3 is 19.5 Å². The minimum atomic E-state index is -3.78. The highest BCUT2D eigenvalue weighted by atomic mass is 31.2. The summed E-state index contributed by atoms with van der Waals surface area (Å²) in [5.74, 6) is -1.10. The molecule has 3 aromatic rings. The third-order valence-electron chi connectivity index (χ3n) is 5.98. The molecular formula is C27H29N2O9P. The first-order chi connectivity index (χ1) is 18.9. The Morgan fingerprint density at radius 1 is 0.795 bits per heavy atom. The Labute approximate surface area is 224 Å². The smallest absolute Gasteiger partial charge is 0.338 e. The molecule has 39 heavy (non-hydrogen) atoms. The molecule has 0 aromatic heterocycles. The molecule has 3 aromatic carbocycles. The monoisotopic (exact) mass is 556 g/mol. The van der Waals surface area contributed by atoms with Crippen molar-refractivity contribution in [2.24, 2.45) is 0 Å². The maximum atomic E-state index is 13.6. The largest absolute Gasteiger partial charge is 0.460 e. The number of anilines is 2. The number of benzene rings is 2. The minimum Gasteiger partial charge on any atom is -0.460 e. The zero-order valence-electron chi connectivity index (χ0n) is 21.2. The Morgan fingerprint density at radius 3 is 1.87 bits per heavy atom. The topological polar surface area (TPSA) is 138 Å². The number of fused-ring (bicyclic) bond motifs is 1. The second-order valence-corrected chi connectivity index (χ2v) is 10.8. The fraction of sp³-hybridized carbons (Fsp3) is 0.333. The number of ether oxygens (including phenoxy) is 2. The van der Waals surface area contributed by atoms with Crippen molar-refractivity contribution in [3.8, 4) is 0 Å². The SMILES string of the molecule is O=C(OCCOP(=O)(CCN1CCCNc2c1c(=O)c2=O)OCCOC(=O)c1ccccc1)c1ccccc1. The van der Waals surface area contributed by atoms with Crippen LogP contribution in [0.25, 0.3) is 0 Å². The van der Waals surface area contributed by atoms with E-state index in [4.69, 9.17) is 18.5 Å². The van der Waals surface area contributed by atoms with Crippen LogP contribution in [0.4, 0.5) is 11.4 Å². The van der Waals surface area contributed by atoms with Gasteiger partial charge in [0, 0.05) is 19.6 Å². The molecule has 1 aliphatic heterocycles. The third kappa shape index (κ3) is 7.41. The summed E-state index contributed by atoms with van der Waals surface area (Å²) < 4.78 is 35.1. The molecule has 0 saturated carbocycles. The maximum absolute atomic E-state index is 13.6. The van der Waals surface area contributed by atoms with Crippen molar-refractivity contribution in [3.05, 3.63) is 92.2 Å². The number of carbonyl (C=O) groups excluding carboxylic acids is 2. The van der Waals surface area contributed by atoms with Crippen LogP contribution in [0.1, 0.15) is 27.1 Å². The Kier molecular flexibility index (Phi) is 9.64. The fourth-order valence-corrected chi connectivity index (χ4v) is 5.53. The van der Waals surface area contributed by atoms with Crippen LogP contribution in [-0.4, -0.2) is 64.2 Å². The molecule has 4 rings (SSSR count). The number of carbonyl (C=O) groups is 2. The summed E-state index contributed by atoms with van der Waals surface area (Å²) in [5.41, 5.74) is 0.142. The van der Waals surface area contributed by atoms with E-state index < -0.39 is 30.4 Å². The molecule has 0 saturated heterocycles. The highest BCUT2D eigenvalue weighted by molar-refractivity contribution is 7.53. The van der Waals surface area contributed by atoms with Crippen LogP contribution in [0.2, 0.25) is 0 Å². The van der Waals surface area contributed by atoms with Gasteiger partial charge in [-0.1, -0.05) is 36.4 Å². The summed E-state index contributed by atoms with van der Waals surface area (Å²) in [6, 6.07) is 16.8. The second kappa shape index (κ2) is 13.3. The molecule has 11 nitrogen and oxygen atoms in total. The van der Waals surface area contributed by atoms with E-state index in [1.54, 1.807) is 65.6 Å². The van der Waals surface area contributed by atoms with E-state index >= 15 is 0 Å². The molecule has 1 aliphatic rings. The molecule has 206 valence electrons. The quantitative estimate of drug-likeness (QED) is 0.144. The highest BCUT2D eigenvalue weighted by Gasteiger charge is 2.31. The molecule has 0 radical (unpaired) electrons. The van der Waals surface area contributed by atoms with Crippen molar-refractivity contribution in [2.45, 2.75) is 6.42 Å². The maximum Gasteiger partial charge on any atom is 0.338 e. The van der Waals surface area contributed by atoms with Gasteiger partial charge in [-0.3, -0.25) is 14.2 Å². The highest BCUT2D eigenvalue weighted by Crippen LogP contribution is 2.48. The number of hydrogen-bond acceptors (Lipinski definition) is 11. The van der Waals surface area contributed by atoms with Crippen molar-refractivity contribution >= 4 is 30.9 Å². The lowest BCUT2D eigenvalue weighted by Crippen LogP contribution is -2.42. The van der Waals surface area contributed by atoms with Crippen molar-refractivity contribution in [2.75, 3.05) is 62.4 Å². The van der Waals surface area contributed by atoms with E-state index in [1.807, 2.05) is 0 Å². The summed E-state index contributed by atoms with van der Waals surface area (Å²) in [4.78, 5) is 50.0. The number of hydrogen-bond donors (Lipinski definition) is 1. The van der Waals surface area contributed by atoms with E-state index in [2.05, 4.69) is 5.32 Å². The van der Waals surface area contributed by atoms with E-state index in [9.17, 15) is 23.7 Å². The van der Waals surface area contributed by atoms with Gasteiger partial charge in [0.15, 0.2) is 0 Å². The predicted octanol–water partition coefficient (Wildman–Crippen LogP) is 2.84. The third-order valence-corrected chi connectivity index (χ3v) is 7.88. The van der Waals surface area contributed by atoms with Gasteiger partial charge in [0.25, 0.3) is 10.9 Å². The normalized spacial score (nSPS) is 13.3. The van der Waals surface area contributed by atoms with Gasteiger partial charge in [0.2, 0.25) is 0 Å². The first-order valence-electron chi connectivity index (χ1n) is 12.5. The lowest BCUT2D eigenvalue weighted by molar-refractivity contribution is 0.0401. The van der Waals surface area contributed by atoms with Gasteiger partial charge in [-0.2, -0.15) is 0 Å².